The van der Waals surface area contributed by atoms with E-state index in [1.54, 1.807) is 11.8 Å². The van der Waals surface area contributed by atoms with Crippen LogP contribution in [0.1, 0.15) is 30.5 Å². The number of rotatable bonds is 4. The zero-order chi connectivity index (χ0) is 13.0. The van der Waals surface area contributed by atoms with E-state index in [9.17, 15) is 0 Å². The van der Waals surface area contributed by atoms with Crippen LogP contribution >= 0.6 is 11.8 Å². The number of hydrogen-bond donors (Lipinski definition) is 1. The van der Waals surface area contributed by atoms with Gasteiger partial charge in [0.05, 0.1) is 0 Å². The Morgan fingerprint density at radius 2 is 2.00 bits per heavy atom. The van der Waals surface area contributed by atoms with E-state index in [1.807, 2.05) is 24.4 Å². The Morgan fingerprint density at radius 3 is 2.61 bits per heavy atom. The molecule has 0 radical (unpaired) electrons. The molecule has 3 heteroatoms. The predicted molar refractivity (Wildman–Crippen MR) is 76.8 cm³/mol. The van der Waals surface area contributed by atoms with Gasteiger partial charge in [0, 0.05) is 17.1 Å². The molecule has 0 amide bonds. The van der Waals surface area contributed by atoms with Crippen molar-refractivity contribution < 1.29 is 0 Å². The summed E-state index contributed by atoms with van der Waals surface area (Å²) < 4.78 is 0. The second-order valence-corrected chi connectivity index (χ2v) is 5.38. The minimum Gasteiger partial charge on any atom is -0.324 e. The third kappa shape index (κ3) is 3.12. The smallest absolute Gasteiger partial charge is 0.104 e. The molecule has 1 aromatic heterocycles. The van der Waals surface area contributed by atoms with Gasteiger partial charge < -0.3 is 5.73 Å². The van der Waals surface area contributed by atoms with E-state index in [0.717, 1.165) is 17.0 Å². The first-order valence-corrected chi connectivity index (χ1v) is 6.97. The van der Waals surface area contributed by atoms with Crippen LogP contribution < -0.4 is 5.73 Å². The van der Waals surface area contributed by atoms with Gasteiger partial charge in [0.25, 0.3) is 0 Å². The maximum atomic E-state index is 6.02. The van der Waals surface area contributed by atoms with Crippen LogP contribution in [0.4, 0.5) is 0 Å². The molecular formula is C15H18N2S. The summed E-state index contributed by atoms with van der Waals surface area (Å²) in [5.74, 6) is 0. The Bertz CT molecular complexity index is 511. The minimum atomic E-state index is 0.0898. The quantitative estimate of drug-likeness (QED) is 0.902. The lowest BCUT2D eigenvalue weighted by molar-refractivity contribution is 0.691. The van der Waals surface area contributed by atoms with Crippen LogP contribution in [-0.4, -0.2) is 4.98 Å². The summed E-state index contributed by atoms with van der Waals surface area (Å²) in [6, 6.07) is 12.5. The second kappa shape index (κ2) is 6.03. The van der Waals surface area contributed by atoms with Gasteiger partial charge in [0.15, 0.2) is 0 Å². The number of aromatic nitrogens is 1. The van der Waals surface area contributed by atoms with Crippen LogP contribution in [0.2, 0.25) is 0 Å². The Labute approximate surface area is 113 Å². The van der Waals surface area contributed by atoms with E-state index >= 15 is 0 Å². The van der Waals surface area contributed by atoms with Gasteiger partial charge >= 0.3 is 0 Å². The molecule has 0 spiro atoms. The van der Waals surface area contributed by atoms with Crippen molar-refractivity contribution >= 4 is 11.8 Å². The Hall–Kier alpha value is -1.32. The van der Waals surface area contributed by atoms with E-state index < -0.39 is 0 Å². The highest BCUT2D eigenvalue weighted by atomic mass is 32.2. The first-order valence-electron chi connectivity index (χ1n) is 6.15. The van der Waals surface area contributed by atoms with E-state index in [2.05, 4.69) is 37.0 Å². The van der Waals surface area contributed by atoms with E-state index in [4.69, 9.17) is 5.73 Å². The Balaban J connectivity index is 2.20. The van der Waals surface area contributed by atoms with Gasteiger partial charge in [0.2, 0.25) is 0 Å². The summed E-state index contributed by atoms with van der Waals surface area (Å²) in [5.41, 5.74) is 8.32. The molecular weight excluding hydrogens is 240 g/mol. The number of pyridine rings is 1. The van der Waals surface area contributed by atoms with Crippen LogP contribution in [0, 0.1) is 6.92 Å². The van der Waals surface area contributed by atoms with Crippen molar-refractivity contribution in [2.75, 3.05) is 0 Å². The van der Waals surface area contributed by atoms with Crippen molar-refractivity contribution in [3.8, 4) is 0 Å². The standard InChI is InChI=1S/C15H18N2S/c1-3-14(16)12-9-11(2)15(17-10-12)18-13-7-5-4-6-8-13/h4-10,14H,3,16H2,1-2H3/t14-/m0/s1. The average Bonchev–Trinajstić information content (AvgIpc) is 2.41. The van der Waals surface area contributed by atoms with Gasteiger partial charge in [-0.2, -0.15) is 0 Å². The molecule has 0 aliphatic carbocycles. The molecule has 2 rings (SSSR count). The van der Waals surface area contributed by atoms with Crippen LogP contribution in [0.3, 0.4) is 0 Å². The molecule has 0 saturated heterocycles. The maximum Gasteiger partial charge on any atom is 0.104 e. The van der Waals surface area contributed by atoms with Gasteiger partial charge in [0.1, 0.15) is 5.03 Å². The zero-order valence-electron chi connectivity index (χ0n) is 10.8. The van der Waals surface area contributed by atoms with E-state index in [-0.39, 0.29) is 6.04 Å². The third-order valence-corrected chi connectivity index (χ3v) is 4.01. The fourth-order valence-electron chi connectivity index (χ4n) is 1.73. The highest BCUT2D eigenvalue weighted by molar-refractivity contribution is 7.99. The van der Waals surface area contributed by atoms with Gasteiger partial charge in [-0.05, 0) is 36.6 Å². The Kier molecular flexibility index (Phi) is 4.39. The molecule has 1 aromatic carbocycles. The number of aryl methyl sites for hydroxylation is 1. The molecule has 0 saturated carbocycles. The predicted octanol–water partition coefficient (Wildman–Crippen LogP) is 3.95. The van der Waals surface area contributed by atoms with Crippen LogP contribution in [-0.2, 0) is 0 Å². The summed E-state index contributed by atoms with van der Waals surface area (Å²) in [6.45, 7) is 4.18. The van der Waals surface area contributed by atoms with Crippen LogP contribution in [0.25, 0.3) is 0 Å². The molecule has 2 nitrogen and oxygen atoms in total. The monoisotopic (exact) mass is 258 g/mol. The summed E-state index contributed by atoms with van der Waals surface area (Å²) >= 11 is 1.69. The molecule has 0 aliphatic heterocycles. The number of hydrogen-bond acceptors (Lipinski definition) is 3. The second-order valence-electron chi connectivity index (χ2n) is 4.32. The van der Waals surface area contributed by atoms with Crippen molar-refractivity contribution in [2.24, 2.45) is 5.73 Å². The molecule has 2 aromatic rings. The van der Waals surface area contributed by atoms with Crippen molar-refractivity contribution in [3.63, 3.8) is 0 Å². The molecule has 2 N–H and O–H groups in total. The van der Waals surface area contributed by atoms with Crippen molar-refractivity contribution in [2.45, 2.75) is 36.2 Å². The van der Waals surface area contributed by atoms with Gasteiger partial charge in [-0.25, -0.2) is 4.98 Å². The lowest BCUT2D eigenvalue weighted by Gasteiger charge is -2.11. The maximum absolute atomic E-state index is 6.02. The summed E-state index contributed by atoms with van der Waals surface area (Å²) in [7, 11) is 0. The van der Waals surface area contributed by atoms with Gasteiger partial charge in [-0.1, -0.05) is 43.0 Å². The highest BCUT2D eigenvalue weighted by Crippen LogP contribution is 2.29. The molecule has 1 heterocycles. The average molecular weight is 258 g/mol. The molecule has 18 heavy (non-hydrogen) atoms. The fraction of sp³-hybridized carbons (Fsp3) is 0.267. The minimum absolute atomic E-state index is 0.0898. The fourth-order valence-corrected chi connectivity index (χ4v) is 2.57. The SMILES string of the molecule is CC[C@H](N)c1cnc(Sc2ccccc2)c(C)c1. The first kappa shape index (κ1) is 13.1. The number of nitrogens with zero attached hydrogens (tertiary/aromatic N) is 1. The molecule has 0 unspecified atom stereocenters. The van der Waals surface area contributed by atoms with E-state index in [1.165, 1.54) is 10.5 Å². The first-order chi connectivity index (χ1) is 8.70. The van der Waals surface area contributed by atoms with Crippen LogP contribution in [0.15, 0.2) is 52.5 Å². The molecule has 94 valence electrons. The summed E-state index contributed by atoms with van der Waals surface area (Å²) in [5, 5.41) is 1.05. The normalized spacial score (nSPS) is 12.4. The van der Waals surface area contributed by atoms with Crippen molar-refractivity contribution in [1.29, 1.82) is 0 Å². The molecule has 0 aliphatic rings. The van der Waals surface area contributed by atoms with Gasteiger partial charge in [-0.3, -0.25) is 0 Å². The number of nitrogens with two attached hydrogens (primary N) is 1. The molecule has 1 atom stereocenters. The summed E-state index contributed by atoms with van der Waals surface area (Å²) in [6.07, 6.45) is 2.83. The van der Waals surface area contributed by atoms with Gasteiger partial charge in [-0.15, -0.1) is 0 Å². The van der Waals surface area contributed by atoms with E-state index in [0.29, 0.717) is 0 Å². The topological polar surface area (TPSA) is 38.9 Å². The zero-order valence-corrected chi connectivity index (χ0v) is 11.6. The molecule has 0 bridgehead atoms. The number of benzene rings is 1. The van der Waals surface area contributed by atoms with Crippen molar-refractivity contribution in [1.82, 2.24) is 4.98 Å². The molecule has 0 fully saturated rings. The summed E-state index contributed by atoms with van der Waals surface area (Å²) in [4.78, 5) is 5.73. The largest absolute Gasteiger partial charge is 0.324 e. The highest BCUT2D eigenvalue weighted by Gasteiger charge is 2.08. The Morgan fingerprint density at radius 1 is 1.28 bits per heavy atom. The third-order valence-electron chi connectivity index (χ3n) is 2.88. The lowest BCUT2D eigenvalue weighted by Crippen LogP contribution is -2.09. The lowest BCUT2D eigenvalue weighted by atomic mass is 10.1. The van der Waals surface area contributed by atoms with Crippen molar-refractivity contribution in [3.05, 3.63) is 53.7 Å². The van der Waals surface area contributed by atoms with Crippen LogP contribution in [0.5, 0.6) is 0 Å².